The summed E-state index contributed by atoms with van der Waals surface area (Å²) in [5.41, 5.74) is 2.12. The van der Waals surface area contributed by atoms with Crippen molar-refractivity contribution >= 4 is 28.3 Å². The molecule has 1 heterocycles. The van der Waals surface area contributed by atoms with E-state index in [-0.39, 0.29) is 23.7 Å². The maximum absolute atomic E-state index is 12.7. The second-order valence-corrected chi connectivity index (χ2v) is 7.89. The minimum Gasteiger partial charge on any atom is -0.344 e. The van der Waals surface area contributed by atoms with Gasteiger partial charge in [-0.3, -0.25) is 14.9 Å². The molecule has 1 fully saturated rings. The lowest BCUT2D eigenvalue weighted by atomic mass is 9.98. The maximum atomic E-state index is 12.7. The lowest BCUT2D eigenvalue weighted by molar-refractivity contribution is -0.128. The van der Waals surface area contributed by atoms with E-state index in [1.165, 1.54) is 11.3 Å². The number of carbonyl (C=O) groups excluding carboxylic acids is 2. The van der Waals surface area contributed by atoms with Crippen molar-refractivity contribution in [2.75, 3.05) is 5.32 Å². The van der Waals surface area contributed by atoms with Crippen molar-refractivity contribution in [2.45, 2.75) is 46.1 Å². The first-order valence-corrected chi connectivity index (χ1v) is 9.81. The Morgan fingerprint density at radius 3 is 2.73 bits per heavy atom. The van der Waals surface area contributed by atoms with Crippen LogP contribution in [0.25, 0.3) is 10.6 Å². The second-order valence-electron chi connectivity index (χ2n) is 6.92. The van der Waals surface area contributed by atoms with E-state index in [0.29, 0.717) is 5.13 Å². The first kappa shape index (κ1) is 18.5. The molecule has 2 aromatic rings. The summed E-state index contributed by atoms with van der Waals surface area (Å²) in [4.78, 5) is 24.8. The van der Waals surface area contributed by atoms with Crippen LogP contribution in [0.2, 0.25) is 0 Å². The SMILES string of the molecule is CC[C@H](C)[C@H](NC(=O)C1CC1)C(=O)Nc1nnc(-c2cccc(C)c2)s1. The third-order valence-corrected chi connectivity index (χ3v) is 5.55. The van der Waals surface area contributed by atoms with Gasteiger partial charge in [-0.25, -0.2) is 0 Å². The van der Waals surface area contributed by atoms with Crippen LogP contribution in [0.3, 0.4) is 0 Å². The number of aromatic nitrogens is 2. The maximum Gasteiger partial charge on any atom is 0.249 e. The number of anilines is 1. The van der Waals surface area contributed by atoms with Gasteiger partial charge >= 0.3 is 0 Å². The molecule has 0 saturated heterocycles. The highest BCUT2D eigenvalue weighted by atomic mass is 32.1. The Bertz CT molecular complexity index is 800. The number of benzene rings is 1. The van der Waals surface area contributed by atoms with Crippen LogP contribution in [-0.2, 0) is 9.59 Å². The predicted octanol–water partition coefficient (Wildman–Crippen LogP) is 3.39. The molecular weight excluding hydrogens is 348 g/mol. The Morgan fingerprint density at radius 2 is 2.08 bits per heavy atom. The minimum atomic E-state index is -0.556. The van der Waals surface area contributed by atoms with Crippen molar-refractivity contribution < 1.29 is 9.59 Å². The first-order chi connectivity index (χ1) is 12.5. The molecule has 7 heteroatoms. The number of hydrogen-bond acceptors (Lipinski definition) is 5. The predicted molar refractivity (Wildman–Crippen MR) is 103 cm³/mol. The normalized spacial score (nSPS) is 16.0. The molecule has 2 N–H and O–H groups in total. The van der Waals surface area contributed by atoms with Crippen molar-refractivity contribution in [1.29, 1.82) is 0 Å². The van der Waals surface area contributed by atoms with Crippen LogP contribution in [0.1, 0.15) is 38.7 Å². The summed E-state index contributed by atoms with van der Waals surface area (Å²) < 4.78 is 0. The zero-order chi connectivity index (χ0) is 18.7. The van der Waals surface area contributed by atoms with E-state index in [1.807, 2.05) is 45.0 Å². The fraction of sp³-hybridized carbons (Fsp3) is 0.474. The van der Waals surface area contributed by atoms with E-state index in [0.717, 1.165) is 35.4 Å². The van der Waals surface area contributed by atoms with Gasteiger partial charge in [-0.2, -0.15) is 0 Å². The van der Waals surface area contributed by atoms with Crippen LogP contribution >= 0.6 is 11.3 Å². The van der Waals surface area contributed by atoms with Crippen molar-refractivity contribution in [2.24, 2.45) is 11.8 Å². The van der Waals surface area contributed by atoms with Gasteiger partial charge in [0.05, 0.1) is 0 Å². The summed E-state index contributed by atoms with van der Waals surface area (Å²) in [6.07, 6.45) is 2.63. The number of amides is 2. The van der Waals surface area contributed by atoms with Gasteiger partial charge < -0.3 is 5.32 Å². The fourth-order valence-corrected chi connectivity index (χ4v) is 3.41. The van der Waals surface area contributed by atoms with E-state index in [1.54, 1.807) is 0 Å². The first-order valence-electron chi connectivity index (χ1n) is 8.99. The number of aryl methyl sites for hydroxylation is 1. The molecule has 26 heavy (non-hydrogen) atoms. The highest BCUT2D eigenvalue weighted by Crippen LogP contribution is 2.30. The van der Waals surface area contributed by atoms with E-state index in [9.17, 15) is 9.59 Å². The molecule has 0 radical (unpaired) electrons. The molecule has 0 unspecified atom stereocenters. The molecule has 2 atom stereocenters. The Balaban J connectivity index is 1.69. The topological polar surface area (TPSA) is 84.0 Å². The van der Waals surface area contributed by atoms with Gasteiger partial charge in [0.25, 0.3) is 0 Å². The quantitative estimate of drug-likeness (QED) is 0.780. The summed E-state index contributed by atoms with van der Waals surface area (Å²) in [6, 6.07) is 7.43. The molecule has 1 aliphatic carbocycles. The van der Waals surface area contributed by atoms with Gasteiger partial charge in [-0.05, 0) is 31.7 Å². The van der Waals surface area contributed by atoms with Gasteiger partial charge in [0.2, 0.25) is 16.9 Å². The van der Waals surface area contributed by atoms with Crippen LogP contribution in [0.4, 0.5) is 5.13 Å². The number of nitrogens with one attached hydrogen (secondary N) is 2. The summed E-state index contributed by atoms with van der Waals surface area (Å²) in [5.74, 6) is -0.144. The fourth-order valence-electron chi connectivity index (χ4n) is 2.67. The number of carbonyl (C=O) groups is 2. The second kappa shape index (κ2) is 7.95. The van der Waals surface area contributed by atoms with Gasteiger partial charge in [-0.1, -0.05) is 55.4 Å². The highest BCUT2D eigenvalue weighted by Gasteiger charge is 2.34. The van der Waals surface area contributed by atoms with Gasteiger partial charge in [0.1, 0.15) is 11.0 Å². The van der Waals surface area contributed by atoms with Gasteiger partial charge in [-0.15, -0.1) is 10.2 Å². The molecule has 0 aliphatic heterocycles. The third-order valence-electron chi connectivity index (χ3n) is 4.66. The molecule has 1 saturated carbocycles. The van der Waals surface area contributed by atoms with Crippen molar-refractivity contribution in [3.8, 4) is 10.6 Å². The Labute approximate surface area is 157 Å². The van der Waals surface area contributed by atoms with Crippen molar-refractivity contribution in [3.63, 3.8) is 0 Å². The number of hydrogen-bond donors (Lipinski definition) is 2. The Kier molecular flexibility index (Phi) is 5.66. The van der Waals surface area contributed by atoms with E-state index in [4.69, 9.17) is 0 Å². The zero-order valence-corrected chi connectivity index (χ0v) is 16.1. The van der Waals surface area contributed by atoms with E-state index < -0.39 is 6.04 Å². The van der Waals surface area contributed by atoms with E-state index >= 15 is 0 Å². The molecule has 1 aliphatic rings. The molecule has 138 valence electrons. The summed E-state index contributed by atoms with van der Waals surface area (Å²) in [7, 11) is 0. The smallest absolute Gasteiger partial charge is 0.249 e. The molecule has 3 rings (SSSR count). The van der Waals surface area contributed by atoms with Crippen LogP contribution in [-0.4, -0.2) is 28.1 Å². The average molecular weight is 372 g/mol. The zero-order valence-electron chi connectivity index (χ0n) is 15.3. The highest BCUT2D eigenvalue weighted by molar-refractivity contribution is 7.18. The van der Waals surface area contributed by atoms with Gasteiger partial charge in [0, 0.05) is 11.5 Å². The summed E-state index contributed by atoms with van der Waals surface area (Å²) in [5, 5.41) is 15.2. The van der Waals surface area contributed by atoms with Crippen LogP contribution in [0, 0.1) is 18.8 Å². The average Bonchev–Trinajstić information content (AvgIpc) is 3.38. The lowest BCUT2D eigenvalue weighted by Gasteiger charge is -2.22. The van der Waals surface area contributed by atoms with Crippen molar-refractivity contribution in [3.05, 3.63) is 29.8 Å². The summed E-state index contributed by atoms with van der Waals surface area (Å²) in [6.45, 7) is 6.00. The number of rotatable bonds is 7. The Hall–Kier alpha value is -2.28. The van der Waals surface area contributed by atoms with Crippen molar-refractivity contribution in [1.82, 2.24) is 15.5 Å². The molecule has 6 nitrogen and oxygen atoms in total. The molecule has 0 bridgehead atoms. The van der Waals surface area contributed by atoms with Gasteiger partial charge in [0.15, 0.2) is 0 Å². The van der Waals surface area contributed by atoms with E-state index in [2.05, 4.69) is 20.8 Å². The standard InChI is InChI=1S/C19H24N4O2S/c1-4-12(3)15(20-16(24)13-8-9-13)17(25)21-19-23-22-18(26-19)14-7-5-6-11(2)10-14/h5-7,10,12-13,15H,4,8-9H2,1-3H3,(H,20,24)(H,21,23,25)/t12-,15-/m0/s1. The Morgan fingerprint density at radius 1 is 1.31 bits per heavy atom. The van der Waals surface area contributed by atoms with Crippen LogP contribution in [0.5, 0.6) is 0 Å². The molecule has 1 aromatic carbocycles. The molecule has 0 spiro atoms. The third kappa shape index (κ3) is 4.46. The molecular formula is C19H24N4O2S. The minimum absolute atomic E-state index is 0.0248. The lowest BCUT2D eigenvalue weighted by Crippen LogP contribution is -2.48. The number of nitrogens with zero attached hydrogens (tertiary/aromatic N) is 2. The van der Waals surface area contributed by atoms with Crippen LogP contribution in [0.15, 0.2) is 24.3 Å². The summed E-state index contributed by atoms with van der Waals surface area (Å²) >= 11 is 1.33. The van der Waals surface area contributed by atoms with Crippen LogP contribution < -0.4 is 10.6 Å². The monoisotopic (exact) mass is 372 g/mol. The molecule has 2 amide bonds. The largest absolute Gasteiger partial charge is 0.344 e. The molecule has 1 aromatic heterocycles.